The lowest BCUT2D eigenvalue weighted by Gasteiger charge is -2.12. The van der Waals surface area contributed by atoms with Crippen LogP contribution in [0.4, 0.5) is 14.5 Å². The summed E-state index contributed by atoms with van der Waals surface area (Å²) >= 11 is 0. The lowest BCUT2D eigenvalue weighted by molar-refractivity contribution is 0.551. The van der Waals surface area contributed by atoms with Gasteiger partial charge in [-0.15, -0.1) is 0 Å². The van der Waals surface area contributed by atoms with Gasteiger partial charge in [-0.3, -0.25) is 4.72 Å². The lowest BCUT2D eigenvalue weighted by Crippen LogP contribution is -2.17. The minimum absolute atomic E-state index is 0.343. The molecule has 0 fully saturated rings. The zero-order valence-corrected chi connectivity index (χ0v) is 12.0. The topological polar surface area (TPSA) is 58.2 Å². The van der Waals surface area contributed by atoms with Gasteiger partial charge >= 0.3 is 0 Å². The van der Waals surface area contributed by atoms with E-state index >= 15 is 0 Å². The standard InChI is InChI=1S/C14H14F2N2O2S/c1-17-9-10-4-2-3-5-13(10)18-21(19,20)14-7-6-11(15)8-12(14)16/h2-8,17-18H,9H2,1H3. The Labute approximate surface area is 121 Å². The number of rotatable bonds is 5. The summed E-state index contributed by atoms with van der Waals surface area (Å²) in [6, 6.07) is 9.08. The quantitative estimate of drug-likeness (QED) is 0.892. The Kier molecular flexibility index (Phi) is 4.54. The Morgan fingerprint density at radius 3 is 2.48 bits per heavy atom. The largest absolute Gasteiger partial charge is 0.316 e. The molecule has 0 atom stereocenters. The van der Waals surface area contributed by atoms with Gasteiger partial charge in [0.05, 0.1) is 5.69 Å². The zero-order valence-electron chi connectivity index (χ0n) is 11.2. The van der Waals surface area contributed by atoms with Gasteiger partial charge in [-0.25, -0.2) is 17.2 Å². The molecule has 0 radical (unpaired) electrons. The van der Waals surface area contributed by atoms with Crippen LogP contribution in [0.1, 0.15) is 5.56 Å². The predicted molar refractivity (Wildman–Crippen MR) is 76.4 cm³/mol. The average molecular weight is 312 g/mol. The molecule has 0 aliphatic heterocycles. The van der Waals surface area contributed by atoms with E-state index in [1.807, 2.05) is 0 Å². The van der Waals surface area contributed by atoms with Crippen molar-refractivity contribution < 1.29 is 17.2 Å². The smallest absolute Gasteiger partial charge is 0.264 e. The van der Waals surface area contributed by atoms with Gasteiger partial charge in [0.2, 0.25) is 0 Å². The Hall–Kier alpha value is -1.99. The molecule has 2 N–H and O–H groups in total. The van der Waals surface area contributed by atoms with Crippen LogP contribution in [0.5, 0.6) is 0 Å². The average Bonchev–Trinajstić information content (AvgIpc) is 2.40. The Balaban J connectivity index is 2.38. The van der Waals surface area contributed by atoms with Crippen LogP contribution in [0.25, 0.3) is 0 Å². The molecule has 0 aromatic heterocycles. The van der Waals surface area contributed by atoms with Gasteiger partial charge in [-0.1, -0.05) is 18.2 Å². The molecular formula is C14H14F2N2O2S. The summed E-state index contributed by atoms with van der Waals surface area (Å²) in [7, 11) is -2.39. The van der Waals surface area contributed by atoms with Crippen molar-refractivity contribution in [3.05, 3.63) is 59.7 Å². The molecule has 0 aliphatic carbocycles. The maximum Gasteiger partial charge on any atom is 0.264 e. The van der Waals surface area contributed by atoms with Crippen LogP contribution in [0.3, 0.4) is 0 Å². The van der Waals surface area contributed by atoms with Crippen molar-refractivity contribution in [2.75, 3.05) is 11.8 Å². The van der Waals surface area contributed by atoms with Gasteiger partial charge in [-0.05, 0) is 30.8 Å². The second-order valence-corrected chi connectivity index (χ2v) is 6.02. The van der Waals surface area contributed by atoms with Crippen molar-refractivity contribution in [3.63, 3.8) is 0 Å². The van der Waals surface area contributed by atoms with E-state index in [0.717, 1.165) is 12.1 Å². The number of hydrogen-bond acceptors (Lipinski definition) is 3. The summed E-state index contributed by atoms with van der Waals surface area (Å²) in [4.78, 5) is -0.594. The lowest BCUT2D eigenvalue weighted by atomic mass is 10.2. The molecule has 0 bridgehead atoms. The van der Waals surface area contributed by atoms with Gasteiger partial charge in [-0.2, -0.15) is 0 Å². The minimum atomic E-state index is -4.12. The normalized spacial score (nSPS) is 11.4. The molecule has 2 rings (SSSR count). The first-order valence-electron chi connectivity index (χ1n) is 6.14. The first kappa shape index (κ1) is 15.4. The highest BCUT2D eigenvalue weighted by Gasteiger charge is 2.20. The number of nitrogens with one attached hydrogen (secondary N) is 2. The zero-order chi connectivity index (χ0) is 15.5. The van der Waals surface area contributed by atoms with Crippen molar-refractivity contribution >= 4 is 15.7 Å². The molecule has 7 heteroatoms. The molecule has 0 saturated heterocycles. The fourth-order valence-electron chi connectivity index (χ4n) is 1.86. The third kappa shape index (κ3) is 3.56. The van der Waals surface area contributed by atoms with Crippen molar-refractivity contribution in [3.8, 4) is 0 Å². The summed E-state index contributed by atoms with van der Waals surface area (Å²) < 4.78 is 53.2. The Morgan fingerprint density at radius 2 is 1.81 bits per heavy atom. The first-order valence-corrected chi connectivity index (χ1v) is 7.63. The summed E-state index contributed by atoms with van der Waals surface area (Å²) in [6.07, 6.45) is 0. The van der Waals surface area contributed by atoms with E-state index in [1.165, 1.54) is 0 Å². The van der Waals surface area contributed by atoms with Crippen LogP contribution in [-0.4, -0.2) is 15.5 Å². The van der Waals surface area contributed by atoms with E-state index in [0.29, 0.717) is 23.9 Å². The number of para-hydroxylation sites is 1. The summed E-state index contributed by atoms with van der Waals surface area (Å²) in [5, 5.41) is 2.91. The predicted octanol–water partition coefficient (Wildman–Crippen LogP) is 2.49. The second-order valence-electron chi connectivity index (χ2n) is 4.37. The summed E-state index contributed by atoms with van der Waals surface area (Å²) in [5.41, 5.74) is 1.06. The van der Waals surface area contributed by atoms with E-state index in [2.05, 4.69) is 10.0 Å². The fourth-order valence-corrected chi connectivity index (χ4v) is 3.02. The highest BCUT2D eigenvalue weighted by Crippen LogP contribution is 2.22. The van der Waals surface area contributed by atoms with Crippen molar-refractivity contribution in [1.29, 1.82) is 0 Å². The van der Waals surface area contributed by atoms with Crippen LogP contribution in [-0.2, 0) is 16.6 Å². The molecule has 0 heterocycles. The number of halogens is 2. The SMILES string of the molecule is CNCc1ccccc1NS(=O)(=O)c1ccc(F)cc1F. The number of hydrogen-bond donors (Lipinski definition) is 2. The van der Waals surface area contributed by atoms with Crippen LogP contribution < -0.4 is 10.0 Å². The maximum absolute atomic E-state index is 13.6. The molecule has 2 aromatic carbocycles. The van der Waals surface area contributed by atoms with Gasteiger partial charge in [0.15, 0.2) is 0 Å². The van der Waals surface area contributed by atoms with Crippen molar-refractivity contribution in [2.45, 2.75) is 11.4 Å². The van der Waals surface area contributed by atoms with Crippen LogP contribution in [0.2, 0.25) is 0 Å². The molecule has 0 saturated carbocycles. The molecule has 112 valence electrons. The van der Waals surface area contributed by atoms with Crippen molar-refractivity contribution in [2.24, 2.45) is 0 Å². The molecular weight excluding hydrogens is 298 g/mol. The van der Waals surface area contributed by atoms with Crippen LogP contribution in [0.15, 0.2) is 47.4 Å². The molecule has 0 unspecified atom stereocenters. The molecule has 0 spiro atoms. The van der Waals surface area contributed by atoms with E-state index in [9.17, 15) is 17.2 Å². The molecule has 0 aliphatic rings. The molecule has 21 heavy (non-hydrogen) atoms. The number of sulfonamides is 1. The highest BCUT2D eigenvalue weighted by molar-refractivity contribution is 7.92. The minimum Gasteiger partial charge on any atom is -0.316 e. The fraction of sp³-hybridized carbons (Fsp3) is 0.143. The van der Waals surface area contributed by atoms with Crippen LogP contribution in [0, 0.1) is 11.6 Å². The molecule has 2 aromatic rings. The molecule has 4 nitrogen and oxygen atoms in total. The summed E-state index contributed by atoms with van der Waals surface area (Å²) in [5.74, 6) is -1.96. The van der Waals surface area contributed by atoms with Crippen molar-refractivity contribution in [1.82, 2.24) is 5.32 Å². The molecule has 0 amide bonds. The third-order valence-corrected chi connectivity index (χ3v) is 4.21. The van der Waals surface area contributed by atoms with E-state index in [4.69, 9.17) is 0 Å². The highest BCUT2D eigenvalue weighted by atomic mass is 32.2. The van der Waals surface area contributed by atoms with Gasteiger partial charge in [0.1, 0.15) is 16.5 Å². The first-order chi connectivity index (χ1) is 9.94. The van der Waals surface area contributed by atoms with E-state index in [-0.39, 0.29) is 0 Å². The monoisotopic (exact) mass is 312 g/mol. The number of benzene rings is 2. The van der Waals surface area contributed by atoms with Gasteiger partial charge < -0.3 is 5.32 Å². The van der Waals surface area contributed by atoms with Gasteiger partial charge in [0, 0.05) is 12.6 Å². The van der Waals surface area contributed by atoms with Gasteiger partial charge in [0.25, 0.3) is 10.0 Å². The summed E-state index contributed by atoms with van der Waals surface area (Å²) in [6.45, 7) is 0.449. The van der Waals surface area contributed by atoms with E-state index in [1.54, 1.807) is 31.3 Å². The van der Waals surface area contributed by atoms with E-state index < -0.39 is 26.6 Å². The Morgan fingerprint density at radius 1 is 1.10 bits per heavy atom. The third-order valence-electron chi connectivity index (χ3n) is 2.81. The maximum atomic E-state index is 13.6. The second kappa shape index (κ2) is 6.19. The Bertz CT molecular complexity index is 748. The van der Waals surface area contributed by atoms with Crippen LogP contribution >= 0.6 is 0 Å². The number of anilines is 1.